The van der Waals surface area contributed by atoms with Crippen molar-refractivity contribution in [1.29, 1.82) is 0 Å². The number of benzene rings is 3. The second-order valence-corrected chi connectivity index (χ2v) is 10.4. The van der Waals surface area contributed by atoms with E-state index in [0.717, 1.165) is 5.56 Å². The summed E-state index contributed by atoms with van der Waals surface area (Å²) in [6, 6.07) is 15.4. The summed E-state index contributed by atoms with van der Waals surface area (Å²) >= 11 is 0. The minimum absolute atomic E-state index is 0.00903. The van der Waals surface area contributed by atoms with Gasteiger partial charge < -0.3 is 23.7 Å². The number of carbonyl (C=O) groups excluding carboxylic acids is 3. The summed E-state index contributed by atoms with van der Waals surface area (Å²) in [5.74, 6) is -0.714. The molecule has 0 saturated heterocycles. The van der Waals surface area contributed by atoms with E-state index in [1.54, 1.807) is 56.3 Å². The van der Waals surface area contributed by atoms with Gasteiger partial charge in [-0.2, -0.15) is 0 Å². The molecule has 0 fully saturated rings. The number of ether oxygens (including phenoxy) is 5. The van der Waals surface area contributed by atoms with Crippen LogP contribution in [0.5, 0.6) is 28.7 Å². The van der Waals surface area contributed by atoms with E-state index in [1.807, 2.05) is 12.1 Å². The Morgan fingerprint density at radius 2 is 0.957 bits per heavy atom. The summed E-state index contributed by atoms with van der Waals surface area (Å²) in [5, 5.41) is 0. The third-order valence-electron chi connectivity index (χ3n) is 6.23. The van der Waals surface area contributed by atoms with Crippen LogP contribution in [0, 0.1) is 0 Å². The molecule has 8 heteroatoms. The van der Waals surface area contributed by atoms with Crippen LogP contribution >= 0.6 is 0 Å². The predicted molar refractivity (Wildman–Crippen MR) is 179 cm³/mol. The highest BCUT2D eigenvalue weighted by atomic mass is 16.6. The van der Waals surface area contributed by atoms with Crippen LogP contribution in [-0.2, 0) is 14.4 Å². The molecule has 0 bridgehead atoms. The average molecular weight is 621 g/mol. The molecule has 0 N–H and O–H groups in total. The second kappa shape index (κ2) is 15.2. The van der Waals surface area contributed by atoms with Crippen molar-refractivity contribution < 1.29 is 38.1 Å². The Labute approximate surface area is 269 Å². The first kappa shape index (κ1) is 34.6. The van der Waals surface area contributed by atoms with Crippen molar-refractivity contribution in [2.45, 2.75) is 27.7 Å². The molecule has 0 spiro atoms. The van der Waals surface area contributed by atoms with Crippen LogP contribution in [0.25, 0.3) is 22.3 Å². The summed E-state index contributed by atoms with van der Waals surface area (Å²) in [6.45, 7) is 28.8. The number of esters is 3. The molecule has 46 heavy (non-hydrogen) atoms. The van der Waals surface area contributed by atoms with Crippen LogP contribution in [0.1, 0.15) is 27.7 Å². The Kier molecular flexibility index (Phi) is 11.4. The fourth-order valence-corrected chi connectivity index (χ4v) is 3.68. The Hall–Kier alpha value is -5.89. The average Bonchev–Trinajstić information content (AvgIpc) is 3.01. The van der Waals surface area contributed by atoms with Gasteiger partial charge in [-0.05, 0) is 80.3 Å². The van der Waals surface area contributed by atoms with Crippen molar-refractivity contribution in [3.8, 4) is 51.0 Å². The maximum atomic E-state index is 12.4. The number of rotatable bonds is 14. The van der Waals surface area contributed by atoms with E-state index in [0.29, 0.717) is 33.8 Å². The molecule has 0 atom stereocenters. The summed E-state index contributed by atoms with van der Waals surface area (Å²) in [7, 11) is 0. The molecule has 0 unspecified atom stereocenters. The van der Waals surface area contributed by atoms with E-state index < -0.39 is 17.9 Å². The van der Waals surface area contributed by atoms with E-state index in [2.05, 4.69) is 39.5 Å². The van der Waals surface area contributed by atoms with Crippen molar-refractivity contribution >= 4 is 17.9 Å². The molecule has 0 aromatic heterocycles. The quantitative estimate of drug-likeness (QED) is 0.0442. The third kappa shape index (κ3) is 8.83. The van der Waals surface area contributed by atoms with E-state index in [9.17, 15) is 14.4 Å². The summed E-state index contributed by atoms with van der Waals surface area (Å²) < 4.78 is 28.3. The van der Waals surface area contributed by atoms with Crippen molar-refractivity contribution in [3.63, 3.8) is 0 Å². The zero-order chi connectivity index (χ0) is 34.1. The number of hydrogen-bond acceptors (Lipinski definition) is 8. The highest BCUT2D eigenvalue weighted by molar-refractivity contribution is 5.92. The molecule has 0 amide bonds. The number of carbonyl (C=O) groups is 3. The van der Waals surface area contributed by atoms with Crippen molar-refractivity contribution in [2.75, 3.05) is 6.61 Å². The van der Waals surface area contributed by atoms with Crippen LogP contribution in [0.2, 0.25) is 0 Å². The molecule has 3 aromatic carbocycles. The maximum Gasteiger partial charge on any atom is 0.338 e. The zero-order valence-corrected chi connectivity index (χ0v) is 26.5. The molecular formula is C38H36O8. The topological polar surface area (TPSA) is 97.4 Å². The van der Waals surface area contributed by atoms with Crippen molar-refractivity contribution in [3.05, 3.63) is 128 Å². The highest BCUT2D eigenvalue weighted by Crippen LogP contribution is 2.41. The van der Waals surface area contributed by atoms with Gasteiger partial charge in [0.25, 0.3) is 0 Å². The molecule has 0 radical (unpaired) electrons. The van der Waals surface area contributed by atoms with Crippen LogP contribution < -0.4 is 23.7 Å². The molecule has 0 saturated carbocycles. The van der Waals surface area contributed by atoms with Gasteiger partial charge in [0.2, 0.25) is 0 Å². The molecule has 8 nitrogen and oxygen atoms in total. The normalized spacial score (nSPS) is 10.2. The first-order chi connectivity index (χ1) is 21.7. The van der Waals surface area contributed by atoms with Gasteiger partial charge in [-0.1, -0.05) is 69.8 Å². The molecular weight excluding hydrogens is 584 g/mol. The lowest BCUT2D eigenvalue weighted by Crippen LogP contribution is -2.12. The fraction of sp³-hybridized carbons (Fsp3) is 0.132. The summed E-state index contributed by atoms with van der Waals surface area (Å²) in [6.07, 6.45) is 1.60. The molecule has 0 aliphatic heterocycles. The van der Waals surface area contributed by atoms with Crippen molar-refractivity contribution in [1.82, 2.24) is 0 Å². The zero-order valence-electron chi connectivity index (χ0n) is 26.5. The highest BCUT2D eigenvalue weighted by Gasteiger charge is 2.19. The summed E-state index contributed by atoms with van der Waals surface area (Å²) in [5.41, 5.74) is 3.82. The SMILES string of the molecule is C=CCOc1cc(-c2ccc(OC(=C)C(=C)C)c(OC(=O)C(=C)C)c2)ccc1-c1ccc(OC(=O)C(=C)C)c(OC(=O)C(=C)C)c1. The van der Waals surface area contributed by atoms with E-state index >= 15 is 0 Å². The Morgan fingerprint density at radius 1 is 0.543 bits per heavy atom. The van der Waals surface area contributed by atoms with Gasteiger partial charge in [-0.3, -0.25) is 0 Å². The van der Waals surface area contributed by atoms with Gasteiger partial charge in [0, 0.05) is 22.3 Å². The molecule has 236 valence electrons. The van der Waals surface area contributed by atoms with Gasteiger partial charge in [-0.25, -0.2) is 14.4 Å². The molecule has 0 aliphatic carbocycles. The lowest BCUT2D eigenvalue weighted by molar-refractivity contribution is -0.132. The van der Waals surface area contributed by atoms with Gasteiger partial charge in [0.05, 0.1) is 0 Å². The molecule has 3 aromatic rings. The number of hydrogen-bond donors (Lipinski definition) is 0. The second-order valence-electron chi connectivity index (χ2n) is 10.4. The Balaban J connectivity index is 2.13. The largest absolute Gasteiger partial charge is 0.489 e. The molecule has 0 aliphatic rings. The third-order valence-corrected chi connectivity index (χ3v) is 6.23. The standard InChI is InChI=1S/C38H36O8/c1-11-18-42-33-19-27(28-13-16-31(43-26(10)22(2)3)34(20-28)45-37(40)24(6)7)12-15-30(33)29-14-17-32(44-36(39)23(4)5)35(21-29)46-38(41)25(8)9/h11-17,19-21H,1-2,4,6,8,10,18H2,3,5,7,9H3. The van der Waals surface area contributed by atoms with Gasteiger partial charge in [-0.15, -0.1) is 0 Å². The van der Waals surface area contributed by atoms with Crippen LogP contribution in [0.3, 0.4) is 0 Å². The first-order valence-electron chi connectivity index (χ1n) is 14.0. The van der Waals surface area contributed by atoms with Gasteiger partial charge in [0.15, 0.2) is 23.0 Å². The van der Waals surface area contributed by atoms with E-state index in [1.165, 1.54) is 19.9 Å². The maximum absolute atomic E-state index is 12.4. The lowest BCUT2D eigenvalue weighted by atomic mass is 9.98. The minimum atomic E-state index is -0.689. The van der Waals surface area contributed by atoms with Crippen molar-refractivity contribution in [2.24, 2.45) is 0 Å². The van der Waals surface area contributed by atoms with Crippen LogP contribution in [-0.4, -0.2) is 24.5 Å². The molecule has 0 heterocycles. The van der Waals surface area contributed by atoms with E-state index in [4.69, 9.17) is 23.7 Å². The Bertz CT molecular complexity index is 1790. The smallest absolute Gasteiger partial charge is 0.338 e. The first-order valence-corrected chi connectivity index (χ1v) is 14.0. The monoisotopic (exact) mass is 620 g/mol. The van der Waals surface area contributed by atoms with Gasteiger partial charge >= 0.3 is 17.9 Å². The predicted octanol–water partition coefficient (Wildman–Crippen LogP) is 8.50. The van der Waals surface area contributed by atoms with Crippen LogP contribution in [0.4, 0.5) is 0 Å². The van der Waals surface area contributed by atoms with Crippen LogP contribution in [0.15, 0.2) is 128 Å². The van der Waals surface area contributed by atoms with E-state index in [-0.39, 0.29) is 46.3 Å². The fourth-order valence-electron chi connectivity index (χ4n) is 3.68. The molecule has 3 rings (SSSR count). The Morgan fingerprint density at radius 3 is 1.43 bits per heavy atom. The van der Waals surface area contributed by atoms with Gasteiger partial charge in [0.1, 0.15) is 18.1 Å². The lowest BCUT2D eigenvalue weighted by Gasteiger charge is -2.17. The number of allylic oxidation sites excluding steroid dienone is 1. The minimum Gasteiger partial charge on any atom is -0.489 e. The summed E-state index contributed by atoms with van der Waals surface area (Å²) in [4.78, 5) is 37.1.